The van der Waals surface area contributed by atoms with E-state index in [2.05, 4.69) is 12.2 Å². The van der Waals surface area contributed by atoms with Crippen LogP contribution in [0.15, 0.2) is 42.5 Å². The molecule has 2 aromatic carbocycles. The van der Waals surface area contributed by atoms with E-state index in [0.717, 1.165) is 23.7 Å². The first-order valence-corrected chi connectivity index (χ1v) is 6.45. The monoisotopic (exact) mass is 259 g/mol. The number of fused-ring (bicyclic) bond motifs is 1. The first-order valence-electron chi connectivity index (χ1n) is 6.45. The van der Waals surface area contributed by atoms with Gasteiger partial charge >= 0.3 is 0 Å². The number of para-hydroxylation sites is 1. The highest BCUT2D eigenvalue weighted by molar-refractivity contribution is 5.58. The maximum absolute atomic E-state index is 14.0. The van der Waals surface area contributed by atoms with E-state index in [4.69, 9.17) is 0 Å². The Hall–Kier alpha value is -1.90. The molecule has 1 N–H and O–H groups in total. The van der Waals surface area contributed by atoms with Crippen molar-refractivity contribution in [1.82, 2.24) is 0 Å². The summed E-state index contributed by atoms with van der Waals surface area (Å²) in [5.41, 5.74) is 2.68. The van der Waals surface area contributed by atoms with E-state index in [0.29, 0.717) is 5.56 Å². The molecule has 19 heavy (non-hydrogen) atoms. The van der Waals surface area contributed by atoms with Crippen molar-refractivity contribution in [2.24, 2.45) is 0 Å². The van der Waals surface area contributed by atoms with Gasteiger partial charge in [-0.3, -0.25) is 0 Å². The highest BCUT2D eigenvalue weighted by Crippen LogP contribution is 2.39. The number of hydrogen-bond donors (Lipinski definition) is 1. The lowest BCUT2D eigenvalue weighted by Crippen LogP contribution is -2.26. The van der Waals surface area contributed by atoms with E-state index >= 15 is 0 Å². The average Bonchev–Trinajstić information content (AvgIpc) is 2.38. The van der Waals surface area contributed by atoms with Gasteiger partial charge in [0.05, 0.1) is 0 Å². The topological polar surface area (TPSA) is 12.0 Å². The fraction of sp³-hybridized carbons (Fsp3) is 0.250. The van der Waals surface area contributed by atoms with Gasteiger partial charge in [-0.15, -0.1) is 0 Å². The van der Waals surface area contributed by atoms with Crippen LogP contribution in [0.5, 0.6) is 0 Å². The van der Waals surface area contributed by atoms with Crippen molar-refractivity contribution in [3.05, 3.63) is 65.2 Å². The van der Waals surface area contributed by atoms with Gasteiger partial charge in [0.25, 0.3) is 0 Å². The van der Waals surface area contributed by atoms with Gasteiger partial charge in [-0.05, 0) is 36.6 Å². The van der Waals surface area contributed by atoms with Crippen LogP contribution in [0.1, 0.15) is 30.4 Å². The van der Waals surface area contributed by atoms with E-state index in [-0.39, 0.29) is 12.0 Å². The molecule has 0 radical (unpaired) electrons. The fourth-order valence-corrected chi connectivity index (χ4v) is 2.82. The summed E-state index contributed by atoms with van der Waals surface area (Å²) in [5, 5.41) is 3.39. The van der Waals surface area contributed by atoms with E-state index in [9.17, 15) is 8.78 Å². The van der Waals surface area contributed by atoms with E-state index in [1.165, 1.54) is 6.07 Å². The Morgan fingerprint density at radius 3 is 2.63 bits per heavy atom. The van der Waals surface area contributed by atoms with Gasteiger partial charge in [0.15, 0.2) is 0 Å². The van der Waals surface area contributed by atoms with Crippen LogP contribution in [0, 0.1) is 11.6 Å². The molecule has 98 valence electrons. The number of anilines is 1. The van der Waals surface area contributed by atoms with Crippen LogP contribution < -0.4 is 5.32 Å². The molecule has 0 bridgehead atoms. The van der Waals surface area contributed by atoms with Crippen molar-refractivity contribution >= 4 is 5.69 Å². The predicted molar refractivity (Wildman–Crippen MR) is 72.3 cm³/mol. The molecule has 0 saturated carbocycles. The van der Waals surface area contributed by atoms with E-state index < -0.39 is 11.6 Å². The smallest absolute Gasteiger partial charge is 0.129 e. The van der Waals surface area contributed by atoms with Gasteiger partial charge < -0.3 is 5.32 Å². The lowest BCUT2D eigenvalue weighted by atomic mass is 9.82. The summed E-state index contributed by atoms with van der Waals surface area (Å²) in [5.74, 6) is -1.02. The first-order chi connectivity index (χ1) is 9.15. The number of hydrogen-bond acceptors (Lipinski definition) is 1. The SMILES string of the molecule is CC1CC(c2ccc(F)cc2F)c2ccccc2N1. The molecule has 1 nitrogen and oxygen atoms in total. The van der Waals surface area contributed by atoms with Crippen LogP contribution in [0.3, 0.4) is 0 Å². The normalized spacial score (nSPS) is 21.6. The average molecular weight is 259 g/mol. The Morgan fingerprint density at radius 1 is 1.05 bits per heavy atom. The molecule has 2 unspecified atom stereocenters. The quantitative estimate of drug-likeness (QED) is 0.805. The van der Waals surface area contributed by atoms with Gasteiger partial charge in [-0.1, -0.05) is 24.3 Å². The molecule has 0 amide bonds. The van der Waals surface area contributed by atoms with Crippen LogP contribution in [0.4, 0.5) is 14.5 Å². The zero-order valence-corrected chi connectivity index (χ0v) is 10.7. The van der Waals surface area contributed by atoms with Crippen LogP contribution in [0.2, 0.25) is 0 Å². The van der Waals surface area contributed by atoms with Gasteiger partial charge in [-0.2, -0.15) is 0 Å². The molecule has 0 saturated heterocycles. The third-order valence-corrected chi connectivity index (χ3v) is 3.67. The van der Waals surface area contributed by atoms with Crippen molar-refractivity contribution in [3.8, 4) is 0 Å². The second kappa shape index (κ2) is 4.65. The van der Waals surface area contributed by atoms with Crippen molar-refractivity contribution in [3.63, 3.8) is 0 Å². The highest BCUT2D eigenvalue weighted by atomic mass is 19.1. The van der Waals surface area contributed by atoms with Crippen molar-refractivity contribution < 1.29 is 8.78 Å². The number of halogens is 2. The zero-order valence-electron chi connectivity index (χ0n) is 10.7. The summed E-state index contributed by atoms with van der Waals surface area (Å²) in [7, 11) is 0. The molecular weight excluding hydrogens is 244 g/mol. The summed E-state index contributed by atoms with van der Waals surface area (Å²) in [4.78, 5) is 0. The molecule has 0 spiro atoms. The number of nitrogens with one attached hydrogen (secondary N) is 1. The van der Waals surface area contributed by atoms with Gasteiger partial charge in [0.2, 0.25) is 0 Å². The molecule has 2 aromatic rings. The molecule has 3 rings (SSSR count). The fourth-order valence-electron chi connectivity index (χ4n) is 2.82. The minimum atomic E-state index is -0.531. The van der Waals surface area contributed by atoms with E-state index in [1.807, 2.05) is 24.3 Å². The van der Waals surface area contributed by atoms with E-state index in [1.54, 1.807) is 6.07 Å². The minimum absolute atomic E-state index is 0.0203. The lowest BCUT2D eigenvalue weighted by Gasteiger charge is -2.31. The van der Waals surface area contributed by atoms with Crippen LogP contribution >= 0.6 is 0 Å². The maximum Gasteiger partial charge on any atom is 0.129 e. The van der Waals surface area contributed by atoms with Crippen molar-refractivity contribution in [2.45, 2.75) is 25.3 Å². The molecule has 1 heterocycles. The largest absolute Gasteiger partial charge is 0.382 e. The van der Waals surface area contributed by atoms with Gasteiger partial charge in [0, 0.05) is 23.7 Å². The first kappa shape index (κ1) is 12.2. The number of rotatable bonds is 1. The van der Waals surface area contributed by atoms with Crippen molar-refractivity contribution in [2.75, 3.05) is 5.32 Å². The van der Waals surface area contributed by atoms with Gasteiger partial charge in [-0.25, -0.2) is 8.78 Å². The van der Waals surface area contributed by atoms with Crippen LogP contribution in [-0.2, 0) is 0 Å². The molecule has 2 atom stereocenters. The molecule has 1 aliphatic heterocycles. The number of benzene rings is 2. The maximum atomic E-state index is 14.0. The Morgan fingerprint density at radius 2 is 1.84 bits per heavy atom. The summed E-state index contributed by atoms with van der Waals surface area (Å²) >= 11 is 0. The molecule has 1 aliphatic rings. The third kappa shape index (κ3) is 2.21. The molecule has 0 fully saturated rings. The molecule has 3 heteroatoms. The standard InChI is InChI=1S/C16H15F2N/c1-10-8-14(12-7-6-11(17)9-15(12)18)13-4-2-3-5-16(13)19-10/h2-7,9-10,14,19H,8H2,1H3. The Labute approximate surface area is 111 Å². The third-order valence-electron chi connectivity index (χ3n) is 3.67. The zero-order chi connectivity index (χ0) is 13.4. The highest BCUT2D eigenvalue weighted by Gasteiger charge is 2.27. The molecule has 0 aromatic heterocycles. The second-order valence-electron chi connectivity index (χ2n) is 5.09. The van der Waals surface area contributed by atoms with Crippen LogP contribution in [0.25, 0.3) is 0 Å². The summed E-state index contributed by atoms with van der Waals surface area (Å²) in [6.07, 6.45) is 0.805. The lowest BCUT2D eigenvalue weighted by molar-refractivity contribution is 0.542. The Balaban J connectivity index is 2.10. The molecule has 0 aliphatic carbocycles. The van der Waals surface area contributed by atoms with Gasteiger partial charge in [0.1, 0.15) is 11.6 Å². The Bertz CT molecular complexity index is 609. The second-order valence-corrected chi connectivity index (χ2v) is 5.09. The summed E-state index contributed by atoms with van der Waals surface area (Å²) in [6, 6.07) is 12.0. The Kier molecular flexibility index (Phi) is 2.97. The van der Waals surface area contributed by atoms with Crippen molar-refractivity contribution in [1.29, 1.82) is 0 Å². The molecular formula is C16H15F2N. The minimum Gasteiger partial charge on any atom is -0.382 e. The van der Waals surface area contributed by atoms with Crippen LogP contribution in [-0.4, -0.2) is 6.04 Å². The summed E-state index contributed by atoms with van der Waals surface area (Å²) < 4.78 is 27.0. The predicted octanol–water partition coefficient (Wildman–Crippen LogP) is 4.30. The summed E-state index contributed by atoms with van der Waals surface area (Å²) in [6.45, 7) is 2.07.